The van der Waals surface area contributed by atoms with E-state index in [1.165, 1.54) is 9.96 Å². The number of anilines is 1. The molecule has 198 valence electrons. The summed E-state index contributed by atoms with van der Waals surface area (Å²) in [7, 11) is 0. The number of hydrogen-bond donors (Lipinski definition) is 2. The molecule has 0 amide bonds. The van der Waals surface area contributed by atoms with E-state index in [4.69, 9.17) is 15.8 Å². The van der Waals surface area contributed by atoms with E-state index in [9.17, 15) is 4.79 Å². The molecule has 1 fully saturated rings. The van der Waals surface area contributed by atoms with Crippen LogP contribution in [-0.4, -0.2) is 37.2 Å². The Labute approximate surface area is 227 Å². The van der Waals surface area contributed by atoms with Crippen LogP contribution in [0.2, 0.25) is 0 Å². The molecular formula is C31H33N7O. The molecule has 8 heteroatoms. The number of nitrogens with one attached hydrogen (secondary N) is 1. The number of rotatable bonds is 6. The quantitative estimate of drug-likeness (QED) is 0.344. The fraction of sp³-hybridized carbons (Fsp3) is 0.290. The molecule has 1 saturated heterocycles. The van der Waals surface area contributed by atoms with Gasteiger partial charge in [-0.15, -0.1) is 5.10 Å². The first-order chi connectivity index (χ1) is 18.9. The first kappa shape index (κ1) is 25.0. The van der Waals surface area contributed by atoms with Gasteiger partial charge in [0.2, 0.25) is 5.95 Å². The molecule has 8 nitrogen and oxygen atoms in total. The number of nitrogen functional groups attached to an aromatic ring is 1. The Morgan fingerprint density at radius 3 is 2.21 bits per heavy atom. The Balaban J connectivity index is 1.55. The summed E-state index contributed by atoms with van der Waals surface area (Å²) in [5, 5.41) is 8.46. The number of aryl methyl sites for hydroxylation is 2. The van der Waals surface area contributed by atoms with Crippen LogP contribution in [0.15, 0.2) is 77.6 Å². The van der Waals surface area contributed by atoms with Gasteiger partial charge in [-0.25, -0.2) is 18.9 Å². The number of aromatic nitrogens is 5. The van der Waals surface area contributed by atoms with Gasteiger partial charge in [0.25, 0.3) is 0 Å². The van der Waals surface area contributed by atoms with Gasteiger partial charge in [-0.1, -0.05) is 60.7 Å². The molecule has 6 rings (SSSR count). The van der Waals surface area contributed by atoms with Crippen molar-refractivity contribution in [1.29, 1.82) is 0 Å². The summed E-state index contributed by atoms with van der Waals surface area (Å²) >= 11 is 0. The Morgan fingerprint density at radius 2 is 1.54 bits per heavy atom. The third-order valence-electron chi connectivity index (χ3n) is 7.74. The maximum absolute atomic E-state index is 13.9. The lowest BCUT2D eigenvalue weighted by molar-refractivity contribution is 0.158. The number of nitrogens with two attached hydrogens (primary N) is 1. The van der Waals surface area contributed by atoms with E-state index in [1.807, 2.05) is 62.4 Å². The Kier molecular flexibility index (Phi) is 6.48. The molecule has 1 aliphatic rings. The predicted molar refractivity (Wildman–Crippen MR) is 154 cm³/mol. The molecule has 0 bridgehead atoms. The molecule has 0 radical (unpaired) electrons. The van der Waals surface area contributed by atoms with Gasteiger partial charge < -0.3 is 11.1 Å². The van der Waals surface area contributed by atoms with Crippen molar-refractivity contribution in [1.82, 2.24) is 29.5 Å². The van der Waals surface area contributed by atoms with Gasteiger partial charge in [0.15, 0.2) is 5.65 Å². The highest BCUT2D eigenvalue weighted by molar-refractivity contribution is 5.90. The summed E-state index contributed by atoms with van der Waals surface area (Å²) in [6.45, 7) is 6.28. The number of pyridine rings is 1. The lowest BCUT2D eigenvalue weighted by atomic mass is 9.74. The molecule has 1 aliphatic heterocycles. The van der Waals surface area contributed by atoms with E-state index in [2.05, 4.69) is 34.6 Å². The zero-order chi connectivity index (χ0) is 27.0. The van der Waals surface area contributed by atoms with Gasteiger partial charge in [-0.2, -0.15) is 0 Å². The number of piperidine rings is 1. The second-order valence-corrected chi connectivity index (χ2v) is 10.7. The molecule has 3 N–H and O–H groups in total. The van der Waals surface area contributed by atoms with Crippen LogP contribution in [-0.2, 0) is 13.0 Å². The smallest absolute Gasteiger partial charge is 0.353 e. The summed E-state index contributed by atoms with van der Waals surface area (Å²) in [4.78, 5) is 23.2. The van der Waals surface area contributed by atoms with Gasteiger partial charge in [0.1, 0.15) is 0 Å². The average molecular weight is 520 g/mol. The molecule has 2 aromatic carbocycles. The van der Waals surface area contributed by atoms with Crippen molar-refractivity contribution >= 4 is 11.6 Å². The van der Waals surface area contributed by atoms with Gasteiger partial charge in [0, 0.05) is 17.0 Å². The summed E-state index contributed by atoms with van der Waals surface area (Å²) in [6.07, 6.45) is 2.80. The van der Waals surface area contributed by atoms with E-state index in [0.29, 0.717) is 17.9 Å². The molecule has 5 aromatic rings. The molecule has 0 aliphatic carbocycles. The lowest BCUT2D eigenvalue weighted by Crippen LogP contribution is -2.43. The molecule has 0 saturated carbocycles. The van der Waals surface area contributed by atoms with Crippen molar-refractivity contribution in [2.45, 2.75) is 39.7 Å². The van der Waals surface area contributed by atoms with Crippen molar-refractivity contribution in [3.05, 3.63) is 100 Å². The van der Waals surface area contributed by atoms with Crippen molar-refractivity contribution in [2.75, 3.05) is 18.8 Å². The fourth-order valence-corrected chi connectivity index (χ4v) is 5.95. The second-order valence-electron chi connectivity index (χ2n) is 10.7. The highest BCUT2D eigenvalue weighted by atomic mass is 16.2. The van der Waals surface area contributed by atoms with E-state index < -0.39 is 0 Å². The third-order valence-corrected chi connectivity index (χ3v) is 7.74. The second kappa shape index (κ2) is 10.1. The number of benzene rings is 2. The van der Waals surface area contributed by atoms with Crippen LogP contribution < -0.4 is 16.7 Å². The first-order valence-electron chi connectivity index (χ1n) is 13.5. The molecule has 39 heavy (non-hydrogen) atoms. The topological polar surface area (TPSA) is 103 Å². The van der Waals surface area contributed by atoms with Gasteiger partial charge in [0.05, 0.1) is 17.8 Å². The monoisotopic (exact) mass is 519 g/mol. The fourth-order valence-electron chi connectivity index (χ4n) is 5.95. The standard InChI is InChI=1S/C31H33N7O/c1-21-17-25(18-22(2)34-21)26-27(24-11-7-4-8-12-24)35-29(32)38-28(26)36-37(30(38)39)20-31(13-15-33-16-14-31)19-23-9-5-3-6-10-23/h3-12,17-18,33H,13-16,19-20H2,1-2H3,(H2,32,35). The minimum absolute atomic E-state index is 0.0944. The normalized spacial score (nSPS) is 15.0. The zero-order valence-electron chi connectivity index (χ0n) is 22.4. The Morgan fingerprint density at radius 1 is 0.897 bits per heavy atom. The van der Waals surface area contributed by atoms with Crippen LogP contribution in [0.25, 0.3) is 28.0 Å². The molecular weight excluding hydrogens is 486 g/mol. The minimum Gasteiger partial charge on any atom is -0.369 e. The molecule has 0 atom stereocenters. The van der Waals surface area contributed by atoms with Crippen LogP contribution in [0.5, 0.6) is 0 Å². The molecule has 4 heterocycles. The number of nitrogens with zero attached hydrogens (tertiary/aromatic N) is 5. The predicted octanol–water partition coefficient (Wildman–Crippen LogP) is 4.43. The summed E-state index contributed by atoms with van der Waals surface area (Å²) < 4.78 is 3.07. The Bertz CT molecular complexity index is 1660. The number of fused-ring (bicyclic) bond motifs is 1. The van der Waals surface area contributed by atoms with Gasteiger partial charge >= 0.3 is 5.69 Å². The van der Waals surface area contributed by atoms with Crippen molar-refractivity contribution in [3.63, 3.8) is 0 Å². The molecule has 3 aromatic heterocycles. The van der Waals surface area contributed by atoms with Crippen LogP contribution >= 0.6 is 0 Å². The third kappa shape index (κ3) is 4.83. The summed E-state index contributed by atoms with van der Waals surface area (Å²) in [5.41, 5.74) is 13.0. The number of hydrogen-bond acceptors (Lipinski definition) is 6. The van der Waals surface area contributed by atoms with Gasteiger partial charge in [-0.05, 0) is 74.9 Å². The van der Waals surface area contributed by atoms with Gasteiger partial charge in [-0.3, -0.25) is 4.98 Å². The highest BCUT2D eigenvalue weighted by Gasteiger charge is 2.34. The summed E-state index contributed by atoms with van der Waals surface area (Å²) in [6, 6.07) is 24.5. The van der Waals surface area contributed by atoms with Crippen molar-refractivity contribution in [3.8, 4) is 22.4 Å². The van der Waals surface area contributed by atoms with E-state index >= 15 is 0 Å². The molecule has 0 spiro atoms. The van der Waals surface area contributed by atoms with Crippen LogP contribution in [0, 0.1) is 19.3 Å². The molecule has 0 unspecified atom stereocenters. The SMILES string of the molecule is Cc1cc(-c2c(-c3ccccc3)nc(N)n3c(=O)n(CC4(Cc5ccccc5)CCNCC4)nc23)cc(C)n1. The zero-order valence-corrected chi connectivity index (χ0v) is 22.4. The largest absolute Gasteiger partial charge is 0.369 e. The maximum atomic E-state index is 13.9. The first-order valence-corrected chi connectivity index (χ1v) is 13.5. The Hall–Kier alpha value is -4.30. The van der Waals surface area contributed by atoms with E-state index in [-0.39, 0.29) is 17.1 Å². The lowest BCUT2D eigenvalue weighted by Gasteiger charge is -2.37. The van der Waals surface area contributed by atoms with Crippen LogP contribution in [0.4, 0.5) is 5.95 Å². The highest BCUT2D eigenvalue weighted by Crippen LogP contribution is 2.37. The van der Waals surface area contributed by atoms with Crippen molar-refractivity contribution < 1.29 is 0 Å². The van der Waals surface area contributed by atoms with Crippen LogP contribution in [0.3, 0.4) is 0 Å². The maximum Gasteiger partial charge on any atom is 0.353 e. The van der Waals surface area contributed by atoms with E-state index in [0.717, 1.165) is 60.4 Å². The van der Waals surface area contributed by atoms with Crippen LogP contribution in [0.1, 0.15) is 29.8 Å². The average Bonchev–Trinajstić information content (AvgIpc) is 3.25. The van der Waals surface area contributed by atoms with E-state index in [1.54, 1.807) is 4.68 Å². The minimum atomic E-state index is -0.260. The summed E-state index contributed by atoms with van der Waals surface area (Å²) in [5.74, 6) is 0.133. The van der Waals surface area contributed by atoms with Crippen molar-refractivity contribution in [2.24, 2.45) is 5.41 Å².